The van der Waals surface area contributed by atoms with Crippen LogP contribution in [0.3, 0.4) is 0 Å². The van der Waals surface area contributed by atoms with E-state index in [-0.39, 0.29) is 0 Å². The standard InChI is InChI=1S/C7H6O2S2/c8-7(9)5-2-1-3-6(4-5)11-10/h1-4,10H,(H,8,9). The van der Waals surface area contributed by atoms with Crippen molar-refractivity contribution in [2.45, 2.75) is 4.90 Å². The highest BCUT2D eigenvalue weighted by Crippen LogP contribution is 2.21. The van der Waals surface area contributed by atoms with Gasteiger partial charge < -0.3 is 5.11 Å². The van der Waals surface area contributed by atoms with Gasteiger partial charge in [0, 0.05) is 4.90 Å². The Morgan fingerprint density at radius 2 is 2.27 bits per heavy atom. The summed E-state index contributed by atoms with van der Waals surface area (Å²) in [6.45, 7) is 0. The molecule has 0 amide bonds. The van der Waals surface area contributed by atoms with Gasteiger partial charge >= 0.3 is 5.97 Å². The molecule has 0 bridgehead atoms. The Hall–Kier alpha value is -0.610. The van der Waals surface area contributed by atoms with E-state index in [1.54, 1.807) is 18.2 Å². The largest absolute Gasteiger partial charge is 0.478 e. The highest BCUT2D eigenvalue weighted by atomic mass is 33.1. The minimum Gasteiger partial charge on any atom is -0.478 e. The predicted octanol–water partition coefficient (Wildman–Crippen LogP) is 2.32. The summed E-state index contributed by atoms with van der Waals surface area (Å²) in [5.41, 5.74) is 0.295. The first-order chi connectivity index (χ1) is 5.24. The lowest BCUT2D eigenvalue weighted by Gasteiger charge is -1.95. The molecule has 0 aromatic heterocycles. The van der Waals surface area contributed by atoms with Crippen LogP contribution in [-0.4, -0.2) is 11.1 Å². The SMILES string of the molecule is O=C(O)c1cccc(SS)c1. The van der Waals surface area contributed by atoms with E-state index in [0.29, 0.717) is 5.56 Å². The Labute approximate surface area is 73.4 Å². The third kappa shape index (κ3) is 2.17. The fourth-order valence-electron chi connectivity index (χ4n) is 0.686. The number of carbonyl (C=O) groups is 1. The van der Waals surface area contributed by atoms with Crippen LogP contribution in [0, 0.1) is 0 Å². The number of aromatic carboxylic acids is 1. The van der Waals surface area contributed by atoms with E-state index in [1.807, 2.05) is 6.07 Å². The maximum Gasteiger partial charge on any atom is 0.335 e. The molecule has 0 saturated carbocycles. The van der Waals surface area contributed by atoms with E-state index >= 15 is 0 Å². The summed E-state index contributed by atoms with van der Waals surface area (Å²) in [5, 5.41) is 8.57. The average Bonchev–Trinajstić information content (AvgIpc) is 2.05. The summed E-state index contributed by atoms with van der Waals surface area (Å²) in [6.07, 6.45) is 0. The van der Waals surface area contributed by atoms with Crippen molar-refractivity contribution in [1.82, 2.24) is 0 Å². The Morgan fingerprint density at radius 1 is 1.55 bits per heavy atom. The Morgan fingerprint density at radius 3 is 2.82 bits per heavy atom. The second-order valence-corrected chi connectivity index (χ2v) is 3.13. The minimum atomic E-state index is -0.908. The van der Waals surface area contributed by atoms with Gasteiger partial charge in [-0.2, -0.15) is 0 Å². The van der Waals surface area contributed by atoms with E-state index in [2.05, 4.69) is 11.7 Å². The molecule has 0 spiro atoms. The van der Waals surface area contributed by atoms with Crippen LogP contribution in [-0.2, 0) is 0 Å². The summed E-state index contributed by atoms with van der Waals surface area (Å²) in [6, 6.07) is 6.64. The third-order valence-electron chi connectivity index (χ3n) is 1.19. The highest BCUT2D eigenvalue weighted by molar-refractivity contribution is 8.68. The van der Waals surface area contributed by atoms with Gasteiger partial charge in [0.15, 0.2) is 0 Å². The first-order valence-electron chi connectivity index (χ1n) is 2.89. The smallest absolute Gasteiger partial charge is 0.335 e. The average molecular weight is 186 g/mol. The first-order valence-corrected chi connectivity index (χ1v) is 4.75. The maximum atomic E-state index is 10.4. The molecule has 0 fully saturated rings. The van der Waals surface area contributed by atoms with Crippen LogP contribution < -0.4 is 0 Å². The van der Waals surface area contributed by atoms with Gasteiger partial charge in [-0.25, -0.2) is 4.79 Å². The van der Waals surface area contributed by atoms with E-state index < -0.39 is 5.97 Å². The monoisotopic (exact) mass is 186 g/mol. The summed E-state index contributed by atoms with van der Waals surface area (Å²) in [4.78, 5) is 11.3. The maximum absolute atomic E-state index is 10.4. The number of rotatable bonds is 2. The molecule has 2 nitrogen and oxygen atoms in total. The molecule has 1 aromatic rings. The van der Waals surface area contributed by atoms with E-state index in [0.717, 1.165) is 4.90 Å². The normalized spacial score (nSPS) is 9.55. The molecule has 0 radical (unpaired) electrons. The molecule has 0 unspecified atom stereocenters. The lowest BCUT2D eigenvalue weighted by molar-refractivity contribution is 0.0696. The highest BCUT2D eigenvalue weighted by Gasteiger charge is 2.01. The van der Waals surface area contributed by atoms with Gasteiger partial charge in [0.1, 0.15) is 0 Å². The molecule has 1 aromatic carbocycles. The lowest BCUT2D eigenvalue weighted by Crippen LogP contribution is -1.94. The zero-order valence-corrected chi connectivity index (χ0v) is 7.23. The zero-order chi connectivity index (χ0) is 8.27. The molecular formula is C7H6O2S2. The van der Waals surface area contributed by atoms with Gasteiger partial charge in [0.05, 0.1) is 5.56 Å². The summed E-state index contributed by atoms with van der Waals surface area (Å²) in [5.74, 6) is -0.908. The number of carboxylic acid groups (broad SMARTS) is 1. The number of hydrogen-bond donors (Lipinski definition) is 2. The number of benzene rings is 1. The van der Waals surface area contributed by atoms with Gasteiger partial charge in [-0.15, -0.1) is 11.7 Å². The van der Waals surface area contributed by atoms with Crippen LogP contribution in [0.2, 0.25) is 0 Å². The Kier molecular flexibility index (Phi) is 2.84. The quantitative estimate of drug-likeness (QED) is 0.550. The minimum absolute atomic E-state index is 0.295. The van der Waals surface area contributed by atoms with Crippen LogP contribution >= 0.6 is 22.5 Å². The number of hydrogen-bond acceptors (Lipinski definition) is 3. The topological polar surface area (TPSA) is 37.3 Å². The van der Waals surface area contributed by atoms with Gasteiger partial charge in [-0.1, -0.05) is 16.9 Å². The molecule has 4 heteroatoms. The first kappa shape index (κ1) is 8.49. The third-order valence-corrected chi connectivity index (χ3v) is 2.28. The zero-order valence-electron chi connectivity index (χ0n) is 5.52. The number of carboxylic acids is 1. The van der Waals surface area contributed by atoms with Gasteiger partial charge in [-0.05, 0) is 18.2 Å². The molecule has 0 saturated heterocycles. The Balaban J connectivity index is 3.01. The molecule has 58 valence electrons. The van der Waals surface area contributed by atoms with Crippen LogP contribution in [0.15, 0.2) is 29.2 Å². The van der Waals surface area contributed by atoms with Crippen LogP contribution in [0.1, 0.15) is 10.4 Å². The number of thiol groups is 1. The van der Waals surface area contributed by atoms with Crippen molar-refractivity contribution in [2.24, 2.45) is 0 Å². The van der Waals surface area contributed by atoms with E-state index in [9.17, 15) is 4.79 Å². The van der Waals surface area contributed by atoms with Gasteiger partial charge in [0.2, 0.25) is 0 Å². The predicted molar refractivity (Wildman–Crippen MR) is 48.2 cm³/mol. The van der Waals surface area contributed by atoms with Crippen molar-refractivity contribution in [2.75, 3.05) is 0 Å². The summed E-state index contributed by atoms with van der Waals surface area (Å²) in [7, 11) is 1.23. The molecule has 0 aliphatic heterocycles. The molecule has 1 N–H and O–H groups in total. The van der Waals surface area contributed by atoms with Crippen LogP contribution in [0.4, 0.5) is 0 Å². The molecule has 0 heterocycles. The van der Waals surface area contributed by atoms with E-state index in [1.165, 1.54) is 10.8 Å². The fraction of sp³-hybridized carbons (Fsp3) is 0. The molecule has 0 atom stereocenters. The van der Waals surface area contributed by atoms with Crippen molar-refractivity contribution in [3.05, 3.63) is 29.8 Å². The van der Waals surface area contributed by atoms with Crippen LogP contribution in [0.5, 0.6) is 0 Å². The molecular weight excluding hydrogens is 180 g/mol. The van der Waals surface area contributed by atoms with Crippen molar-refractivity contribution in [3.8, 4) is 0 Å². The second kappa shape index (κ2) is 3.69. The molecule has 0 aliphatic carbocycles. The Bertz CT molecular complexity index is 273. The van der Waals surface area contributed by atoms with Crippen molar-refractivity contribution < 1.29 is 9.90 Å². The second-order valence-electron chi connectivity index (χ2n) is 1.92. The van der Waals surface area contributed by atoms with Crippen molar-refractivity contribution in [3.63, 3.8) is 0 Å². The van der Waals surface area contributed by atoms with E-state index in [4.69, 9.17) is 5.11 Å². The molecule has 0 aliphatic rings. The molecule has 11 heavy (non-hydrogen) atoms. The van der Waals surface area contributed by atoms with Crippen LogP contribution in [0.25, 0.3) is 0 Å². The summed E-state index contributed by atoms with van der Waals surface area (Å²) < 4.78 is 0. The lowest BCUT2D eigenvalue weighted by atomic mass is 10.2. The molecule has 1 rings (SSSR count). The van der Waals surface area contributed by atoms with Gasteiger partial charge in [0.25, 0.3) is 0 Å². The summed E-state index contributed by atoms with van der Waals surface area (Å²) >= 11 is 3.95. The fourth-order valence-corrected chi connectivity index (χ4v) is 1.35. The van der Waals surface area contributed by atoms with Gasteiger partial charge in [-0.3, -0.25) is 0 Å². The van der Waals surface area contributed by atoms with Crippen molar-refractivity contribution >= 4 is 28.4 Å². The van der Waals surface area contributed by atoms with Crippen molar-refractivity contribution in [1.29, 1.82) is 0 Å².